The van der Waals surface area contributed by atoms with Crippen LogP contribution < -0.4 is 5.56 Å². The number of aromatic amines is 1. The maximum atomic E-state index is 13.4. The van der Waals surface area contributed by atoms with Gasteiger partial charge in [0.1, 0.15) is 0 Å². The van der Waals surface area contributed by atoms with E-state index in [2.05, 4.69) is 16.5 Å². The minimum absolute atomic E-state index is 0.0115. The van der Waals surface area contributed by atoms with E-state index in [0.29, 0.717) is 31.4 Å². The van der Waals surface area contributed by atoms with Crippen LogP contribution >= 0.6 is 0 Å². The number of halogens is 1. The molecule has 1 saturated heterocycles. The van der Waals surface area contributed by atoms with Crippen LogP contribution in [0, 0.1) is 5.82 Å². The fraction of sp³-hybridized carbons (Fsp3) is 0.316. The molecule has 1 unspecified atom stereocenters. The molecule has 1 aliphatic heterocycles. The molecule has 1 atom stereocenters. The summed E-state index contributed by atoms with van der Waals surface area (Å²) in [5.41, 5.74) is 1.87. The standard InChI is InChI=1S/C19H20FN3O2/c1-13(2-3-14-4-7-21-8-5-14)23-9-6-15(11-18(23)24)16-10-17(20)19(25)22-12-16/h4-5,7-8,10,12,15H,1-3,6,9,11H2,(H,22,25). The summed E-state index contributed by atoms with van der Waals surface area (Å²) in [4.78, 5) is 31.7. The van der Waals surface area contributed by atoms with Gasteiger partial charge in [0.25, 0.3) is 5.56 Å². The number of piperidine rings is 1. The Kier molecular flexibility index (Phi) is 5.07. The Bertz CT molecular complexity index is 832. The molecule has 2 aromatic heterocycles. The maximum absolute atomic E-state index is 13.4. The highest BCUT2D eigenvalue weighted by Gasteiger charge is 2.28. The summed E-state index contributed by atoms with van der Waals surface area (Å²) in [5.74, 6) is -0.903. The van der Waals surface area contributed by atoms with Gasteiger partial charge in [-0.05, 0) is 54.5 Å². The quantitative estimate of drug-likeness (QED) is 0.909. The lowest BCUT2D eigenvalue weighted by Crippen LogP contribution is -2.37. The third-order valence-corrected chi connectivity index (χ3v) is 4.61. The fourth-order valence-corrected chi connectivity index (χ4v) is 3.13. The molecule has 5 nitrogen and oxygen atoms in total. The van der Waals surface area contributed by atoms with Crippen molar-refractivity contribution in [3.05, 3.63) is 76.4 Å². The topological polar surface area (TPSA) is 66.1 Å². The number of carbonyl (C=O) groups excluding carboxylic acids is 1. The highest BCUT2D eigenvalue weighted by Crippen LogP contribution is 2.30. The van der Waals surface area contributed by atoms with Crippen molar-refractivity contribution in [3.63, 3.8) is 0 Å². The number of amides is 1. The first-order valence-electron chi connectivity index (χ1n) is 8.30. The van der Waals surface area contributed by atoms with Gasteiger partial charge < -0.3 is 9.88 Å². The molecule has 3 heterocycles. The van der Waals surface area contributed by atoms with Crippen molar-refractivity contribution in [3.8, 4) is 0 Å². The van der Waals surface area contributed by atoms with Gasteiger partial charge in [-0.15, -0.1) is 0 Å². The second kappa shape index (κ2) is 7.42. The predicted molar refractivity (Wildman–Crippen MR) is 92.4 cm³/mol. The molecule has 6 heteroatoms. The van der Waals surface area contributed by atoms with Crippen LogP contribution in [-0.4, -0.2) is 27.3 Å². The number of likely N-dealkylation sites (tertiary alicyclic amines) is 1. The largest absolute Gasteiger partial charge is 0.326 e. The Morgan fingerprint density at radius 2 is 2.12 bits per heavy atom. The van der Waals surface area contributed by atoms with Crippen molar-refractivity contribution in [2.45, 2.75) is 31.6 Å². The zero-order chi connectivity index (χ0) is 17.8. The Morgan fingerprint density at radius 3 is 2.80 bits per heavy atom. The maximum Gasteiger partial charge on any atom is 0.283 e. The first-order chi connectivity index (χ1) is 12.0. The van der Waals surface area contributed by atoms with Crippen molar-refractivity contribution < 1.29 is 9.18 Å². The molecule has 0 spiro atoms. The number of H-pyrrole nitrogens is 1. The first-order valence-corrected chi connectivity index (χ1v) is 8.30. The molecular weight excluding hydrogens is 321 g/mol. The molecule has 0 saturated carbocycles. The van der Waals surface area contributed by atoms with Crippen molar-refractivity contribution in [2.24, 2.45) is 0 Å². The highest BCUT2D eigenvalue weighted by molar-refractivity contribution is 5.79. The lowest BCUT2D eigenvalue weighted by molar-refractivity contribution is -0.131. The van der Waals surface area contributed by atoms with E-state index in [-0.39, 0.29) is 11.8 Å². The van der Waals surface area contributed by atoms with Gasteiger partial charge >= 0.3 is 0 Å². The van der Waals surface area contributed by atoms with Crippen LogP contribution in [0.1, 0.15) is 36.3 Å². The minimum atomic E-state index is -0.811. The zero-order valence-electron chi connectivity index (χ0n) is 13.9. The van der Waals surface area contributed by atoms with Crippen molar-refractivity contribution in [2.75, 3.05) is 6.54 Å². The lowest BCUT2D eigenvalue weighted by atomic mass is 9.89. The average molecular weight is 341 g/mol. The van der Waals surface area contributed by atoms with Crippen LogP contribution in [0.4, 0.5) is 4.39 Å². The minimum Gasteiger partial charge on any atom is -0.326 e. The van der Waals surface area contributed by atoms with Crippen LogP contribution in [0.5, 0.6) is 0 Å². The van der Waals surface area contributed by atoms with Gasteiger partial charge in [-0.3, -0.25) is 14.6 Å². The van der Waals surface area contributed by atoms with E-state index >= 15 is 0 Å². The number of aromatic nitrogens is 2. The van der Waals surface area contributed by atoms with E-state index in [9.17, 15) is 14.0 Å². The monoisotopic (exact) mass is 341 g/mol. The smallest absolute Gasteiger partial charge is 0.283 e. The van der Waals surface area contributed by atoms with Crippen molar-refractivity contribution in [1.29, 1.82) is 0 Å². The second-order valence-corrected chi connectivity index (χ2v) is 6.27. The van der Waals surface area contributed by atoms with Crippen molar-refractivity contribution >= 4 is 5.91 Å². The van der Waals surface area contributed by atoms with E-state index in [4.69, 9.17) is 0 Å². The third-order valence-electron chi connectivity index (χ3n) is 4.61. The molecule has 130 valence electrons. The number of pyridine rings is 2. The first kappa shape index (κ1) is 17.1. The van der Waals surface area contributed by atoms with Gasteiger partial charge in [0.2, 0.25) is 5.91 Å². The summed E-state index contributed by atoms with van der Waals surface area (Å²) in [6.45, 7) is 4.60. The molecule has 0 aromatic carbocycles. The van der Waals surface area contributed by atoms with Gasteiger partial charge in [0.15, 0.2) is 5.82 Å². The Morgan fingerprint density at radius 1 is 1.36 bits per heavy atom. The van der Waals surface area contributed by atoms with Crippen LogP contribution in [0.3, 0.4) is 0 Å². The molecule has 1 N–H and O–H groups in total. The Balaban J connectivity index is 1.59. The van der Waals surface area contributed by atoms with E-state index in [1.54, 1.807) is 17.3 Å². The summed E-state index contributed by atoms with van der Waals surface area (Å²) >= 11 is 0. The van der Waals surface area contributed by atoms with Crippen LogP contribution in [-0.2, 0) is 11.2 Å². The molecule has 3 rings (SSSR count). The second-order valence-electron chi connectivity index (χ2n) is 6.27. The van der Waals surface area contributed by atoms with Crippen LogP contribution in [0.2, 0.25) is 0 Å². The molecule has 1 fully saturated rings. The lowest BCUT2D eigenvalue weighted by Gasteiger charge is -2.33. The number of allylic oxidation sites excluding steroid dienone is 1. The molecule has 2 aromatic rings. The van der Waals surface area contributed by atoms with Gasteiger partial charge in [-0.25, -0.2) is 4.39 Å². The Hall–Kier alpha value is -2.76. The summed E-state index contributed by atoms with van der Waals surface area (Å²) in [6, 6.07) is 5.13. The van der Waals surface area contributed by atoms with E-state index in [0.717, 1.165) is 17.7 Å². The van der Waals surface area contributed by atoms with Gasteiger partial charge in [0, 0.05) is 37.3 Å². The molecule has 1 amide bonds. The Labute approximate surface area is 145 Å². The molecule has 0 radical (unpaired) electrons. The molecule has 0 bridgehead atoms. The third kappa shape index (κ3) is 4.02. The highest BCUT2D eigenvalue weighted by atomic mass is 19.1. The normalized spacial score (nSPS) is 17.6. The molecule has 1 aliphatic rings. The number of hydrogen-bond donors (Lipinski definition) is 1. The van der Waals surface area contributed by atoms with Gasteiger partial charge in [0.05, 0.1) is 0 Å². The number of carbonyl (C=O) groups is 1. The SMILES string of the molecule is C=C(CCc1ccncc1)N1CCC(c2c[nH]c(=O)c(F)c2)CC1=O. The number of hydrogen-bond acceptors (Lipinski definition) is 3. The summed E-state index contributed by atoms with van der Waals surface area (Å²) in [5, 5.41) is 0. The number of nitrogens with one attached hydrogen (secondary N) is 1. The van der Waals surface area contributed by atoms with Crippen LogP contribution in [0.15, 0.2) is 53.9 Å². The van der Waals surface area contributed by atoms with Gasteiger partial charge in [-0.1, -0.05) is 6.58 Å². The summed E-state index contributed by atoms with van der Waals surface area (Å²) < 4.78 is 13.4. The predicted octanol–water partition coefficient (Wildman–Crippen LogP) is 2.76. The summed E-state index contributed by atoms with van der Waals surface area (Å²) in [6.07, 6.45) is 7.51. The average Bonchev–Trinajstić information content (AvgIpc) is 2.63. The number of rotatable bonds is 5. The van der Waals surface area contributed by atoms with Gasteiger partial charge in [-0.2, -0.15) is 0 Å². The van der Waals surface area contributed by atoms with Crippen molar-refractivity contribution in [1.82, 2.24) is 14.9 Å². The number of aryl methyl sites for hydroxylation is 1. The summed E-state index contributed by atoms with van der Waals surface area (Å²) in [7, 11) is 0. The molecule has 0 aliphatic carbocycles. The fourth-order valence-electron chi connectivity index (χ4n) is 3.13. The number of nitrogens with zero attached hydrogens (tertiary/aromatic N) is 2. The van der Waals surface area contributed by atoms with E-state index in [1.807, 2.05) is 12.1 Å². The van der Waals surface area contributed by atoms with E-state index in [1.165, 1.54) is 12.3 Å². The zero-order valence-corrected chi connectivity index (χ0v) is 13.9. The molecule has 25 heavy (non-hydrogen) atoms. The molecular formula is C19H20FN3O2. The van der Waals surface area contributed by atoms with Crippen LogP contribution in [0.25, 0.3) is 0 Å². The van der Waals surface area contributed by atoms with E-state index < -0.39 is 11.4 Å².